The number of nitrogens with two attached hydrogens (primary N) is 1. The molecule has 2 rings (SSSR count). The van der Waals surface area contributed by atoms with Gasteiger partial charge in [-0.15, -0.1) is 0 Å². The van der Waals surface area contributed by atoms with Gasteiger partial charge in [0.15, 0.2) is 0 Å². The van der Waals surface area contributed by atoms with Crippen molar-refractivity contribution < 1.29 is 5.11 Å². The summed E-state index contributed by atoms with van der Waals surface area (Å²) in [5.41, 5.74) is 7.07. The van der Waals surface area contributed by atoms with E-state index >= 15 is 0 Å². The topological polar surface area (TPSA) is 46.2 Å². The molecule has 2 aliphatic rings. The first-order valence-corrected chi connectivity index (χ1v) is 6.51. The fraction of sp³-hybridized carbons (Fsp3) is 1.00. The fourth-order valence-electron chi connectivity index (χ4n) is 5.00. The molecule has 0 bridgehead atoms. The van der Waals surface area contributed by atoms with E-state index in [0.29, 0.717) is 22.8 Å². The quantitative estimate of drug-likeness (QED) is 0.758. The van der Waals surface area contributed by atoms with Gasteiger partial charge in [-0.25, -0.2) is 0 Å². The molecule has 1 spiro atoms. The largest absolute Gasteiger partial charge is 0.396 e. The lowest BCUT2D eigenvalue weighted by molar-refractivity contribution is 0.0213. The van der Waals surface area contributed by atoms with Gasteiger partial charge in [-0.05, 0) is 41.9 Å². The second kappa shape index (κ2) is 3.23. The second-order valence-corrected chi connectivity index (χ2v) is 7.96. The van der Waals surface area contributed by atoms with Crippen LogP contribution in [-0.4, -0.2) is 18.3 Å². The molecule has 2 aliphatic carbocycles. The number of rotatable bonds is 2. The van der Waals surface area contributed by atoms with Crippen molar-refractivity contribution in [2.45, 2.75) is 53.4 Å². The standard InChI is InChI=1S/C14H27NO/c1-11(2)5-12(3,4)7-13(6-11)8-14(13,9-15)10-16/h16H,5-10,15H2,1-4H3. The molecule has 2 saturated carbocycles. The maximum absolute atomic E-state index is 9.63. The minimum atomic E-state index is 0.0436. The lowest BCUT2D eigenvalue weighted by Crippen LogP contribution is -2.40. The van der Waals surface area contributed by atoms with Crippen molar-refractivity contribution in [3.63, 3.8) is 0 Å². The molecule has 2 nitrogen and oxygen atoms in total. The third kappa shape index (κ3) is 1.70. The summed E-state index contributed by atoms with van der Waals surface area (Å²) in [6, 6.07) is 0. The molecule has 2 fully saturated rings. The summed E-state index contributed by atoms with van der Waals surface area (Å²) in [6.07, 6.45) is 4.90. The van der Waals surface area contributed by atoms with E-state index in [1.165, 1.54) is 19.3 Å². The molecular formula is C14H27NO. The van der Waals surface area contributed by atoms with E-state index in [1.807, 2.05) is 0 Å². The van der Waals surface area contributed by atoms with Crippen LogP contribution < -0.4 is 5.73 Å². The lowest BCUT2D eigenvalue weighted by Gasteiger charge is -2.47. The number of aliphatic hydroxyl groups excluding tert-OH is 1. The molecule has 94 valence electrons. The highest BCUT2D eigenvalue weighted by Crippen LogP contribution is 2.74. The molecular weight excluding hydrogens is 198 g/mol. The van der Waals surface area contributed by atoms with Crippen LogP contribution in [0.1, 0.15) is 53.4 Å². The molecule has 0 aliphatic heterocycles. The summed E-state index contributed by atoms with van der Waals surface area (Å²) in [6.45, 7) is 10.4. The van der Waals surface area contributed by atoms with Crippen molar-refractivity contribution in [2.75, 3.05) is 13.2 Å². The Hall–Kier alpha value is -0.0800. The highest BCUT2D eigenvalue weighted by molar-refractivity contribution is 5.19. The predicted molar refractivity (Wildman–Crippen MR) is 67.0 cm³/mol. The minimum absolute atomic E-state index is 0.0436. The van der Waals surface area contributed by atoms with E-state index in [9.17, 15) is 5.11 Å². The van der Waals surface area contributed by atoms with Crippen LogP contribution in [0.5, 0.6) is 0 Å². The summed E-state index contributed by atoms with van der Waals surface area (Å²) in [7, 11) is 0. The zero-order valence-corrected chi connectivity index (χ0v) is 11.3. The van der Waals surface area contributed by atoms with Crippen LogP contribution in [-0.2, 0) is 0 Å². The van der Waals surface area contributed by atoms with Crippen LogP contribution in [0.3, 0.4) is 0 Å². The maximum Gasteiger partial charge on any atom is 0.0505 e. The number of hydrogen-bond acceptors (Lipinski definition) is 2. The summed E-state index contributed by atoms with van der Waals surface area (Å²) in [5.74, 6) is 0. The Morgan fingerprint density at radius 1 is 0.938 bits per heavy atom. The van der Waals surface area contributed by atoms with Gasteiger partial charge in [-0.1, -0.05) is 27.7 Å². The lowest BCUT2D eigenvalue weighted by atomic mass is 9.58. The van der Waals surface area contributed by atoms with Gasteiger partial charge in [0.05, 0.1) is 6.61 Å². The van der Waals surface area contributed by atoms with E-state index in [4.69, 9.17) is 5.73 Å². The van der Waals surface area contributed by atoms with Gasteiger partial charge >= 0.3 is 0 Å². The molecule has 0 aromatic carbocycles. The van der Waals surface area contributed by atoms with Gasteiger partial charge in [-0.2, -0.15) is 0 Å². The van der Waals surface area contributed by atoms with E-state index in [2.05, 4.69) is 27.7 Å². The van der Waals surface area contributed by atoms with Crippen molar-refractivity contribution in [3.8, 4) is 0 Å². The van der Waals surface area contributed by atoms with Gasteiger partial charge in [0.25, 0.3) is 0 Å². The zero-order valence-electron chi connectivity index (χ0n) is 11.3. The number of aliphatic hydroxyl groups is 1. The van der Waals surface area contributed by atoms with Gasteiger partial charge < -0.3 is 10.8 Å². The molecule has 16 heavy (non-hydrogen) atoms. The van der Waals surface area contributed by atoms with Crippen molar-refractivity contribution in [3.05, 3.63) is 0 Å². The minimum Gasteiger partial charge on any atom is -0.396 e. The monoisotopic (exact) mass is 225 g/mol. The Balaban J connectivity index is 2.25. The summed E-state index contributed by atoms with van der Waals surface area (Å²) >= 11 is 0. The molecule has 2 heteroatoms. The first-order chi connectivity index (χ1) is 7.20. The van der Waals surface area contributed by atoms with Gasteiger partial charge in [0, 0.05) is 12.0 Å². The summed E-state index contributed by atoms with van der Waals surface area (Å²) < 4.78 is 0. The Labute approximate surface area is 99.6 Å². The Bertz CT molecular complexity index is 273. The Kier molecular flexibility index (Phi) is 2.50. The van der Waals surface area contributed by atoms with E-state index in [0.717, 1.165) is 6.42 Å². The van der Waals surface area contributed by atoms with Crippen LogP contribution in [0.25, 0.3) is 0 Å². The van der Waals surface area contributed by atoms with Crippen molar-refractivity contribution >= 4 is 0 Å². The third-order valence-corrected chi connectivity index (χ3v) is 4.96. The summed E-state index contributed by atoms with van der Waals surface area (Å²) in [4.78, 5) is 0. The normalized spacial score (nSPS) is 38.6. The predicted octanol–water partition coefficient (Wildman–Crippen LogP) is 2.55. The molecule has 0 heterocycles. The van der Waals surface area contributed by atoms with E-state index in [-0.39, 0.29) is 12.0 Å². The molecule has 0 saturated heterocycles. The highest BCUT2D eigenvalue weighted by atomic mass is 16.3. The molecule has 1 atom stereocenters. The first kappa shape index (κ1) is 12.4. The Morgan fingerprint density at radius 3 is 1.75 bits per heavy atom. The fourth-order valence-corrected chi connectivity index (χ4v) is 5.00. The van der Waals surface area contributed by atoms with Crippen LogP contribution in [0.15, 0.2) is 0 Å². The number of hydrogen-bond donors (Lipinski definition) is 2. The van der Waals surface area contributed by atoms with Crippen LogP contribution in [0.4, 0.5) is 0 Å². The molecule has 0 aromatic heterocycles. The van der Waals surface area contributed by atoms with Crippen molar-refractivity contribution in [1.29, 1.82) is 0 Å². The van der Waals surface area contributed by atoms with E-state index in [1.54, 1.807) is 0 Å². The third-order valence-electron chi connectivity index (χ3n) is 4.96. The molecule has 0 aromatic rings. The maximum atomic E-state index is 9.63. The SMILES string of the molecule is CC1(C)CC(C)(C)CC2(C1)CC2(CN)CO. The highest BCUT2D eigenvalue weighted by Gasteiger charge is 2.69. The molecule has 1 unspecified atom stereocenters. The smallest absolute Gasteiger partial charge is 0.0505 e. The van der Waals surface area contributed by atoms with Crippen LogP contribution >= 0.6 is 0 Å². The molecule has 0 radical (unpaired) electrons. The average molecular weight is 225 g/mol. The molecule has 3 N–H and O–H groups in total. The van der Waals surface area contributed by atoms with Crippen molar-refractivity contribution in [2.24, 2.45) is 27.4 Å². The zero-order chi connectivity index (χ0) is 12.2. The Morgan fingerprint density at radius 2 is 1.44 bits per heavy atom. The van der Waals surface area contributed by atoms with Crippen molar-refractivity contribution in [1.82, 2.24) is 0 Å². The second-order valence-electron chi connectivity index (χ2n) is 7.96. The van der Waals surface area contributed by atoms with Gasteiger partial charge in [-0.3, -0.25) is 0 Å². The molecule has 0 amide bonds. The van der Waals surface area contributed by atoms with Crippen LogP contribution in [0.2, 0.25) is 0 Å². The average Bonchev–Trinajstić information content (AvgIpc) is 2.66. The first-order valence-electron chi connectivity index (χ1n) is 6.51. The van der Waals surface area contributed by atoms with Gasteiger partial charge in [0.1, 0.15) is 0 Å². The van der Waals surface area contributed by atoms with E-state index < -0.39 is 0 Å². The summed E-state index contributed by atoms with van der Waals surface area (Å²) in [5, 5.41) is 9.63. The van der Waals surface area contributed by atoms with Gasteiger partial charge in [0.2, 0.25) is 0 Å². The van der Waals surface area contributed by atoms with Crippen LogP contribution in [0, 0.1) is 21.7 Å².